The number of primary amides is 1. The van der Waals surface area contributed by atoms with Crippen LogP contribution in [0.2, 0.25) is 0 Å². The molecule has 8 nitrogen and oxygen atoms in total. The van der Waals surface area contributed by atoms with E-state index in [2.05, 4.69) is 5.32 Å². The summed E-state index contributed by atoms with van der Waals surface area (Å²) in [5, 5.41) is 3.11. The number of amides is 3. The van der Waals surface area contributed by atoms with Crippen LogP contribution in [0.5, 0.6) is 11.5 Å². The van der Waals surface area contributed by atoms with Crippen LogP contribution in [-0.4, -0.2) is 42.9 Å². The van der Waals surface area contributed by atoms with Gasteiger partial charge in [-0.25, -0.2) is 0 Å². The molecule has 3 N–H and O–H groups in total. The summed E-state index contributed by atoms with van der Waals surface area (Å²) in [6, 6.07) is 6.85. The van der Waals surface area contributed by atoms with E-state index in [1.807, 2.05) is 0 Å². The number of anilines is 1. The average molecular weight is 403 g/mol. The number of ether oxygens (including phenoxy) is 2. The van der Waals surface area contributed by atoms with Crippen LogP contribution in [0.1, 0.15) is 27.7 Å². The maximum absolute atomic E-state index is 12.3. The van der Waals surface area contributed by atoms with Crippen molar-refractivity contribution in [3.8, 4) is 11.5 Å². The lowest BCUT2D eigenvalue weighted by molar-refractivity contribution is -0.129. The van der Waals surface area contributed by atoms with Gasteiger partial charge >= 0.3 is 0 Å². The molecule has 0 unspecified atom stereocenters. The molecule has 28 heavy (non-hydrogen) atoms. The van der Waals surface area contributed by atoms with Gasteiger partial charge in [-0.1, -0.05) is 0 Å². The Morgan fingerprint density at radius 1 is 1.21 bits per heavy atom. The minimum atomic E-state index is -0.597. The fourth-order valence-corrected chi connectivity index (χ4v) is 4.29. The Morgan fingerprint density at radius 2 is 1.89 bits per heavy atom. The highest BCUT2D eigenvalue weighted by Crippen LogP contribution is 2.37. The summed E-state index contributed by atoms with van der Waals surface area (Å²) in [5.74, 6) is 0.180. The molecule has 2 aromatic rings. The van der Waals surface area contributed by atoms with Crippen molar-refractivity contribution in [2.75, 3.05) is 25.6 Å². The SMILES string of the molecule is COc1ccc(OCC(=O)Nc2sc3c(c2C(N)=O)CCN(C(C)=O)C3)cc1. The van der Waals surface area contributed by atoms with Gasteiger partial charge < -0.3 is 25.4 Å². The first-order chi connectivity index (χ1) is 13.4. The fourth-order valence-electron chi connectivity index (χ4n) is 3.00. The van der Waals surface area contributed by atoms with Gasteiger partial charge in [-0.15, -0.1) is 11.3 Å². The molecule has 148 valence electrons. The van der Waals surface area contributed by atoms with E-state index in [9.17, 15) is 14.4 Å². The van der Waals surface area contributed by atoms with E-state index in [4.69, 9.17) is 15.2 Å². The smallest absolute Gasteiger partial charge is 0.262 e. The second kappa shape index (κ2) is 8.30. The largest absolute Gasteiger partial charge is 0.497 e. The van der Waals surface area contributed by atoms with E-state index in [1.165, 1.54) is 18.3 Å². The summed E-state index contributed by atoms with van der Waals surface area (Å²) in [6.07, 6.45) is 0.530. The van der Waals surface area contributed by atoms with Crippen LogP contribution in [0.15, 0.2) is 24.3 Å². The second-order valence-electron chi connectivity index (χ2n) is 6.28. The Bertz CT molecular complexity index is 907. The van der Waals surface area contributed by atoms with E-state index >= 15 is 0 Å². The number of nitrogens with one attached hydrogen (secondary N) is 1. The molecule has 1 aromatic carbocycles. The predicted molar refractivity (Wildman–Crippen MR) is 105 cm³/mol. The van der Waals surface area contributed by atoms with E-state index in [-0.39, 0.29) is 12.5 Å². The number of thiophene rings is 1. The fraction of sp³-hybridized carbons (Fsp3) is 0.316. The summed E-state index contributed by atoms with van der Waals surface area (Å²) < 4.78 is 10.5. The Balaban J connectivity index is 1.70. The number of carbonyl (C=O) groups is 3. The minimum absolute atomic E-state index is 0.0295. The summed E-state index contributed by atoms with van der Waals surface area (Å²) in [4.78, 5) is 38.4. The van der Waals surface area contributed by atoms with Gasteiger partial charge in [-0.3, -0.25) is 14.4 Å². The number of fused-ring (bicyclic) bond motifs is 1. The van der Waals surface area contributed by atoms with Crippen molar-refractivity contribution in [2.24, 2.45) is 5.73 Å². The van der Waals surface area contributed by atoms with Gasteiger partial charge in [-0.05, 0) is 36.2 Å². The molecule has 0 radical (unpaired) electrons. The Morgan fingerprint density at radius 3 is 2.50 bits per heavy atom. The third-order valence-corrected chi connectivity index (χ3v) is 5.56. The lowest BCUT2D eigenvalue weighted by atomic mass is 10.0. The third-order valence-electron chi connectivity index (χ3n) is 4.43. The number of nitrogens with two attached hydrogens (primary N) is 1. The molecule has 1 aliphatic rings. The first-order valence-electron chi connectivity index (χ1n) is 8.65. The highest BCUT2D eigenvalue weighted by atomic mass is 32.1. The van der Waals surface area contributed by atoms with Crippen LogP contribution >= 0.6 is 11.3 Å². The van der Waals surface area contributed by atoms with Crippen molar-refractivity contribution < 1.29 is 23.9 Å². The summed E-state index contributed by atoms with van der Waals surface area (Å²) in [6.45, 7) is 2.22. The van der Waals surface area contributed by atoms with E-state index < -0.39 is 11.8 Å². The van der Waals surface area contributed by atoms with E-state index in [1.54, 1.807) is 36.3 Å². The van der Waals surface area contributed by atoms with Crippen molar-refractivity contribution in [3.05, 3.63) is 40.3 Å². The maximum Gasteiger partial charge on any atom is 0.262 e. The summed E-state index contributed by atoms with van der Waals surface area (Å²) >= 11 is 1.27. The van der Waals surface area contributed by atoms with Crippen LogP contribution < -0.4 is 20.5 Å². The molecule has 0 saturated heterocycles. The van der Waals surface area contributed by atoms with Crippen LogP contribution in [0.25, 0.3) is 0 Å². The van der Waals surface area contributed by atoms with Crippen LogP contribution in [-0.2, 0) is 22.6 Å². The van der Waals surface area contributed by atoms with E-state index in [0.29, 0.717) is 41.6 Å². The number of hydrogen-bond donors (Lipinski definition) is 2. The molecular weight excluding hydrogens is 382 g/mol. The Labute approximate surface area is 166 Å². The summed E-state index contributed by atoms with van der Waals surface area (Å²) in [7, 11) is 1.57. The van der Waals surface area contributed by atoms with Crippen LogP contribution in [0, 0.1) is 0 Å². The second-order valence-corrected chi connectivity index (χ2v) is 7.38. The molecule has 1 aromatic heterocycles. The molecule has 0 bridgehead atoms. The molecule has 2 heterocycles. The van der Waals surface area contributed by atoms with Crippen molar-refractivity contribution in [3.63, 3.8) is 0 Å². The number of rotatable bonds is 6. The zero-order valence-corrected chi connectivity index (χ0v) is 16.4. The van der Waals surface area contributed by atoms with Gasteiger partial charge in [0.25, 0.3) is 11.8 Å². The van der Waals surface area contributed by atoms with E-state index in [0.717, 1.165) is 10.4 Å². The Kier molecular flexibility index (Phi) is 5.84. The zero-order chi connectivity index (χ0) is 20.3. The van der Waals surface area contributed by atoms with Crippen molar-refractivity contribution >= 4 is 34.1 Å². The first-order valence-corrected chi connectivity index (χ1v) is 9.47. The third kappa shape index (κ3) is 4.25. The molecule has 3 rings (SSSR count). The highest BCUT2D eigenvalue weighted by molar-refractivity contribution is 7.17. The number of nitrogens with zero attached hydrogens (tertiary/aromatic N) is 1. The van der Waals surface area contributed by atoms with Gasteiger partial charge in [0.05, 0.1) is 19.2 Å². The van der Waals surface area contributed by atoms with Crippen molar-refractivity contribution in [2.45, 2.75) is 19.9 Å². The van der Waals surface area contributed by atoms with Gasteiger partial charge in [0, 0.05) is 18.3 Å². The van der Waals surface area contributed by atoms with Gasteiger partial charge in [0.1, 0.15) is 16.5 Å². The van der Waals surface area contributed by atoms with Gasteiger partial charge in [0.15, 0.2) is 6.61 Å². The number of methoxy groups -OCH3 is 1. The lowest BCUT2D eigenvalue weighted by Crippen LogP contribution is -2.34. The molecule has 9 heteroatoms. The zero-order valence-electron chi connectivity index (χ0n) is 15.6. The molecule has 1 aliphatic heterocycles. The average Bonchev–Trinajstić information content (AvgIpc) is 3.03. The molecule has 0 aliphatic carbocycles. The molecule has 3 amide bonds. The van der Waals surface area contributed by atoms with Crippen molar-refractivity contribution in [1.82, 2.24) is 4.90 Å². The molecule has 0 spiro atoms. The monoisotopic (exact) mass is 403 g/mol. The normalized spacial score (nSPS) is 12.9. The highest BCUT2D eigenvalue weighted by Gasteiger charge is 2.28. The number of carbonyl (C=O) groups excluding carboxylic acids is 3. The maximum atomic E-state index is 12.3. The van der Waals surface area contributed by atoms with Gasteiger partial charge in [-0.2, -0.15) is 0 Å². The lowest BCUT2D eigenvalue weighted by Gasteiger charge is -2.25. The van der Waals surface area contributed by atoms with Crippen LogP contribution in [0.4, 0.5) is 5.00 Å². The van der Waals surface area contributed by atoms with Crippen molar-refractivity contribution in [1.29, 1.82) is 0 Å². The number of hydrogen-bond acceptors (Lipinski definition) is 6. The molecule has 0 saturated carbocycles. The number of benzene rings is 1. The quantitative estimate of drug-likeness (QED) is 0.764. The predicted octanol–water partition coefficient (Wildman–Crippen LogP) is 1.78. The molecule has 0 atom stereocenters. The standard InChI is InChI=1S/C19H21N3O5S/c1-11(23)22-8-7-14-15(9-22)28-19(17(14)18(20)25)21-16(24)10-27-13-5-3-12(26-2)4-6-13/h3-6H,7-10H2,1-2H3,(H2,20,25)(H,21,24). The summed E-state index contributed by atoms with van der Waals surface area (Å²) in [5.41, 5.74) is 6.67. The van der Waals surface area contributed by atoms with Gasteiger partial charge in [0.2, 0.25) is 5.91 Å². The minimum Gasteiger partial charge on any atom is -0.497 e. The topological polar surface area (TPSA) is 111 Å². The first kappa shape index (κ1) is 19.7. The van der Waals surface area contributed by atoms with Crippen LogP contribution in [0.3, 0.4) is 0 Å². The Hall–Kier alpha value is -3.07. The molecule has 0 fully saturated rings. The molecular formula is C19H21N3O5S.